The Morgan fingerprint density at radius 3 is 2.35 bits per heavy atom. The van der Waals surface area contributed by atoms with E-state index in [0.29, 0.717) is 10.8 Å². The Bertz CT molecular complexity index is 1370. The molecule has 0 aromatic heterocycles. The molecule has 8 nitrogen and oxygen atoms in total. The van der Waals surface area contributed by atoms with Crippen molar-refractivity contribution in [3.8, 4) is 5.75 Å². The third kappa shape index (κ3) is 6.61. The molecule has 3 rings (SSSR count). The van der Waals surface area contributed by atoms with Crippen molar-refractivity contribution in [2.75, 3.05) is 25.0 Å². The summed E-state index contributed by atoms with van der Waals surface area (Å²) < 4.78 is 33.7. The van der Waals surface area contributed by atoms with Crippen LogP contribution < -0.4 is 14.4 Å². The Morgan fingerprint density at radius 1 is 1.03 bits per heavy atom. The second-order valence-corrected chi connectivity index (χ2v) is 10.7. The zero-order chi connectivity index (χ0) is 27.2. The summed E-state index contributed by atoms with van der Waals surface area (Å²) in [4.78, 5) is 27.7. The first-order valence-corrected chi connectivity index (χ1v) is 13.4. The number of amides is 2. The van der Waals surface area contributed by atoms with Crippen molar-refractivity contribution in [3.63, 3.8) is 0 Å². The van der Waals surface area contributed by atoms with E-state index >= 15 is 0 Å². The summed E-state index contributed by atoms with van der Waals surface area (Å²) in [6.07, 6.45) is 0. The van der Waals surface area contributed by atoms with Gasteiger partial charge in [-0.1, -0.05) is 48.0 Å². The number of hydrogen-bond acceptors (Lipinski definition) is 5. The lowest BCUT2D eigenvalue weighted by molar-refractivity contribution is -0.139. The lowest BCUT2D eigenvalue weighted by Gasteiger charge is -2.32. The largest absolute Gasteiger partial charge is 0.497 e. The molecular weight excluding hydrogens is 514 g/mol. The molecule has 2 amide bonds. The number of likely N-dealkylation sites (N-methyl/N-ethyl adjacent to an activating group) is 1. The minimum Gasteiger partial charge on any atom is -0.497 e. The van der Waals surface area contributed by atoms with Crippen LogP contribution in [0.2, 0.25) is 5.02 Å². The first-order valence-electron chi connectivity index (χ1n) is 11.6. The minimum atomic E-state index is -4.14. The molecule has 196 valence electrons. The van der Waals surface area contributed by atoms with Gasteiger partial charge in [0.2, 0.25) is 11.8 Å². The van der Waals surface area contributed by atoms with Gasteiger partial charge in [0, 0.05) is 18.6 Å². The van der Waals surface area contributed by atoms with Gasteiger partial charge in [-0.25, -0.2) is 8.42 Å². The van der Waals surface area contributed by atoms with Crippen LogP contribution in [0.1, 0.15) is 18.1 Å². The molecule has 3 aromatic rings. The molecule has 0 aliphatic rings. The SMILES string of the molecule is CNC(=O)C(C)N(Cc1cccc(OC)c1)C(=O)CN(c1ccc(C)c(Cl)c1)S(=O)(=O)c1ccccc1. The monoisotopic (exact) mass is 543 g/mol. The number of hydrogen-bond donors (Lipinski definition) is 1. The van der Waals surface area contributed by atoms with Crippen molar-refractivity contribution in [3.05, 3.63) is 88.9 Å². The van der Waals surface area contributed by atoms with Gasteiger partial charge < -0.3 is 15.0 Å². The predicted molar refractivity (Wildman–Crippen MR) is 144 cm³/mol. The van der Waals surface area contributed by atoms with Gasteiger partial charge in [-0.3, -0.25) is 13.9 Å². The maximum atomic E-state index is 13.8. The van der Waals surface area contributed by atoms with Crippen LogP contribution in [-0.4, -0.2) is 51.9 Å². The van der Waals surface area contributed by atoms with Crippen LogP contribution in [0, 0.1) is 6.92 Å². The first kappa shape index (κ1) is 28.0. The van der Waals surface area contributed by atoms with Gasteiger partial charge in [0.05, 0.1) is 17.7 Å². The molecule has 0 fully saturated rings. The van der Waals surface area contributed by atoms with Crippen LogP contribution in [0.4, 0.5) is 5.69 Å². The Hall–Kier alpha value is -3.56. The maximum Gasteiger partial charge on any atom is 0.264 e. The molecule has 0 aliphatic heterocycles. The zero-order valence-electron chi connectivity index (χ0n) is 21.1. The molecule has 0 aliphatic carbocycles. The Balaban J connectivity index is 2.05. The fourth-order valence-electron chi connectivity index (χ4n) is 3.74. The predicted octanol–water partition coefficient (Wildman–Crippen LogP) is 4.02. The number of carbonyl (C=O) groups excluding carboxylic acids is 2. The Labute approximate surface area is 222 Å². The molecule has 1 unspecified atom stereocenters. The van der Waals surface area contributed by atoms with Crippen molar-refractivity contribution >= 4 is 39.1 Å². The van der Waals surface area contributed by atoms with Gasteiger partial charge in [-0.2, -0.15) is 0 Å². The maximum absolute atomic E-state index is 13.8. The highest BCUT2D eigenvalue weighted by Gasteiger charge is 2.32. The van der Waals surface area contributed by atoms with Crippen molar-refractivity contribution in [2.45, 2.75) is 31.3 Å². The molecule has 10 heteroatoms. The summed E-state index contributed by atoms with van der Waals surface area (Å²) in [7, 11) is -1.13. The average Bonchev–Trinajstić information content (AvgIpc) is 2.91. The minimum absolute atomic E-state index is 0.0261. The molecule has 0 spiro atoms. The van der Waals surface area contributed by atoms with Crippen molar-refractivity contribution in [1.29, 1.82) is 0 Å². The van der Waals surface area contributed by atoms with Gasteiger partial charge in [0.1, 0.15) is 18.3 Å². The van der Waals surface area contributed by atoms with E-state index in [4.69, 9.17) is 16.3 Å². The lowest BCUT2D eigenvalue weighted by Crippen LogP contribution is -2.50. The van der Waals surface area contributed by atoms with E-state index in [2.05, 4.69) is 5.32 Å². The lowest BCUT2D eigenvalue weighted by atomic mass is 10.1. The van der Waals surface area contributed by atoms with Crippen LogP contribution in [-0.2, 0) is 26.2 Å². The number of halogens is 1. The second-order valence-electron chi connectivity index (χ2n) is 8.42. The fourth-order valence-corrected chi connectivity index (χ4v) is 5.35. The molecule has 0 radical (unpaired) electrons. The number of aryl methyl sites for hydroxylation is 1. The number of rotatable bonds is 10. The van der Waals surface area contributed by atoms with E-state index < -0.39 is 28.5 Å². The van der Waals surface area contributed by atoms with Gasteiger partial charge >= 0.3 is 0 Å². The molecule has 0 saturated carbocycles. The number of carbonyl (C=O) groups is 2. The molecule has 1 N–H and O–H groups in total. The molecule has 0 heterocycles. The molecule has 37 heavy (non-hydrogen) atoms. The van der Waals surface area contributed by atoms with Crippen molar-refractivity contribution < 1.29 is 22.7 Å². The Kier molecular flexibility index (Phi) is 9.18. The standard InChI is InChI=1S/C27H30ClN3O5S/c1-19-13-14-22(16-25(19)28)31(37(34,35)24-11-6-5-7-12-24)18-26(32)30(20(2)27(33)29-3)17-21-9-8-10-23(15-21)36-4/h5-16,20H,17-18H2,1-4H3,(H,29,33). The number of nitrogens with zero attached hydrogens (tertiary/aromatic N) is 2. The molecular formula is C27H30ClN3O5S. The zero-order valence-corrected chi connectivity index (χ0v) is 22.7. The van der Waals surface area contributed by atoms with E-state index in [1.807, 2.05) is 0 Å². The highest BCUT2D eigenvalue weighted by molar-refractivity contribution is 7.92. The van der Waals surface area contributed by atoms with Crippen LogP contribution in [0.5, 0.6) is 5.75 Å². The molecule has 0 saturated heterocycles. The van der Waals surface area contributed by atoms with Crippen molar-refractivity contribution in [2.24, 2.45) is 0 Å². The van der Waals surface area contributed by atoms with Gasteiger partial charge in [-0.15, -0.1) is 0 Å². The number of methoxy groups -OCH3 is 1. The summed E-state index contributed by atoms with van der Waals surface area (Å²) in [5.74, 6) is -0.345. The molecule has 0 bridgehead atoms. The van der Waals surface area contributed by atoms with E-state index in [9.17, 15) is 18.0 Å². The van der Waals surface area contributed by atoms with Crippen LogP contribution in [0.15, 0.2) is 77.7 Å². The van der Waals surface area contributed by atoms with E-state index in [1.54, 1.807) is 68.4 Å². The highest BCUT2D eigenvalue weighted by atomic mass is 35.5. The van der Waals surface area contributed by atoms with E-state index in [1.165, 1.54) is 37.3 Å². The first-order chi connectivity index (χ1) is 17.6. The molecule has 1 atom stereocenters. The van der Waals surface area contributed by atoms with Gasteiger partial charge in [-0.05, 0) is 61.4 Å². The average molecular weight is 544 g/mol. The van der Waals surface area contributed by atoms with Gasteiger partial charge in [0.25, 0.3) is 10.0 Å². The van der Waals surface area contributed by atoms with Crippen molar-refractivity contribution in [1.82, 2.24) is 10.2 Å². The summed E-state index contributed by atoms with van der Waals surface area (Å²) in [5.41, 5.74) is 1.72. The summed E-state index contributed by atoms with van der Waals surface area (Å²) >= 11 is 6.32. The summed E-state index contributed by atoms with van der Waals surface area (Å²) in [6, 6.07) is 18.9. The third-order valence-corrected chi connectivity index (χ3v) is 8.15. The number of benzene rings is 3. The summed E-state index contributed by atoms with van der Waals surface area (Å²) in [5, 5.41) is 2.92. The molecule has 3 aromatic carbocycles. The number of nitrogens with one attached hydrogen (secondary N) is 1. The highest BCUT2D eigenvalue weighted by Crippen LogP contribution is 2.28. The second kappa shape index (κ2) is 12.1. The fraction of sp³-hybridized carbons (Fsp3) is 0.259. The van der Waals surface area contributed by atoms with E-state index in [0.717, 1.165) is 15.4 Å². The smallest absolute Gasteiger partial charge is 0.264 e. The third-order valence-electron chi connectivity index (χ3n) is 5.95. The number of ether oxygens (including phenoxy) is 1. The quantitative estimate of drug-likeness (QED) is 0.417. The topological polar surface area (TPSA) is 96.0 Å². The van der Waals surface area contributed by atoms with E-state index in [-0.39, 0.29) is 23.0 Å². The normalized spacial score (nSPS) is 11.9. The summed E-state index contributed by atoms with van der Waals surface area (Å²) in [6.45, 7) is 2.92. The van der Waals surface area contributed by atoms with Crippen LogP contribution >= 0.6 is 11.6 Å². The van der Waals surface area contributed by atoms with Crippen LogP contribution in [0.25, 0.3) is 0 Å². The Morgan fingerprint density at radius 2 is 1.73 bits per heavy atom. The number of anilines is 1. The van der Waals surface area contributed by atoms with Crippen LogP contribution in [0.3, 0.4) is 0 Å². The number of sulfonamides is 1. The van der Waals surface area contributed by atoms with Gasteiger partial charge in [0.15, 0.2) is 0 Å².